The van der Waals surface area contributed by atoms with Gasteiger partial charge in [-0.25, -0.2) is 9.18 Å². The summed E-state index contributed by atoms with van der Waals surface area (Å²) in [5.41, 5.74) is 1.48. The highest BCUT2D eigenvalue weighted by Gasteiger charge is 2.28. The molecule has 0 saturated heterocycles. The molecule has 1 aliphatic rings. The Morgan fingerprint density at radius 1 is 1.43 bits per heavy atom. The van der Waals surface area contributed by atoms with Crippen molar-refractivity contribution in [3.8, 4) is 0 Å². The highest BCUT2D eigenvalue weighted by Crippen LogP contribution is 2.28. The highest BCUT2D eigenvalue weighted by molar-refractivity contribution is 5.94. The number of amides is 2. The number of halogens is 1. The van der Waals surface area contributed by atoms with E-state index in [1.807, 2.05) is 13.8 Å². The minimum Gasteiger partial charge on any atom is -0.481 e. The molecule has 0 aliphatic carbocycles. The van der Waals surface area contributed by atoms with Crippen molar-refractivity contribution in [3.63, 3.8) is 0 Å². The van der Waals surface area contributed by atoms with Crippen molar-refractivity contribution in [2.75, 3.05) is 11.4 Å². The number of aliphatic carboxylic acids is 1. The number of carboxylic acids is 1. The van der Waals surface area contributed by atoms with Crippen molar-refractivity contribution in [1.82, 2.24) is 5.32 Å². The summed E-state index contributed by atoms with van der Waals surface area (Å²) < 4.78 is 13.3. The number of nitrogens with zero attached hydrogens (tertiary/aromatic N) is 1. The van der Waals surface area contributed by atoms with Gasteiger partial charge in [0.25, 0.3) is 0 Å². The van der Waals surface area contributed by atoms with Crippen LogP contribution in [0, 0.1) is 11.7 Å². The normalized spacial score (nSPS) is 15.0. The van der Waals surface area contributed by atoms with Crippen molar-refractivity contribution < 1.29 is 19.1 Å². The fourth-order valence-electron chi connectivity index (χ4n) is 2.44. The van der Waals surface area contributed by atoms with E-state index < -0.39 is 12.0 Å². The summed E-state index contributed by atoms with van der Waals surface area (Å²) in [4.78, 5) is 24.6. The zero-order valence-electron chi connectivity index (χ0n) is 12.1. The molecule has 114 valence electrons. The van der Waals surface area contributed by atoms with Crippen LogP contribution in [0.1, 0.15) is 25.8 Å². The third-order valence-corrected chi connectivity index (χ3v) is 3.70. The molecular weight excluding hydrogens is 275 g/mol. The SMILES string of the molecule is CC(C)C(CC(=O)O)NC(=O)N1CCc2ccc(F)cc21. The lowest BCUT2D eigenvalue weighted by Gasteiger charge is -2.25. The molecular formula is C15H19FN2O3. The van der Waals surface area contributed by atoms with Gasteiger partial charge in [0.2, 0.25) is 0 Å². The largest absolute Gasteiger partial charge is 0.481 e. The molecule has 0 saturated carbocycles. The number of carbonyl (C=O) groups is 2. The van der Waals surface area contributed by atoms with Crippen LogP contribution in [0.25, 0.3) is 0 Å². The van der Waals surface area contributed by atoms with E-state index in [1.165, 1.54) is 17.0 Å². The van der Waals surface area contributed by atoms with Gasteiger partial charge in [-0.1, -0.05) is 19.9 Å². The van der Waals surface area contributed by atoms with E-state index in [9.17, 15) is 14.0 Å². The van der Waals surface area contributed by atoms with Gasteiger partial charge in [0, 0.05) is 12.6 Å². The standard InChI is InChI=1S/C15H19FN2O3/c1-9(2)12(8-14(19)20)17-15(21)18-6-5-10-3-4-11(16)7-13(10)18/h3-4,7,9,12H,5-6,8H2,1-2H3,(H,17,21)(H,19,20). The summed E-state index contributed by atoms with van der Waals surface area (Å²) in [6.07, 6.45) is 0.543. The topological polar surface area (TPSA) is 69.6 Å². The number of carboxylic acid groups (broad SMARTS) is 1. The molecule has 2 rings (SSSR count). The van der Waals surface area contributed by atoms with Crippen molar-refractivity contribution >= 4 is 17.7 Å². The summed E-state index contributed by atoms with van der Waals surface area (Å²) in [5, 5.41) is 11.6. The van der Waals surface area contributed by atoms with Crippen molar-refractivity contribution in [2.45, 2.75) is 32.7 Å². The van der Waals surface area contributed by atoms with Crippen molar-refractivity contribution in [1.29, 1.82) is 0 Å². The van der Waals surface area contributed by atoms with Gasteiger partial charge in [-0.3, -0.25) is 9.69 Å². The van der Waals surface area contributed by atoms with Crippen LogP contribution in [0.15, 0.2) is 18.2 Å². The molecule has 1 atom stereocenters. The number of urea groups is 1. The van der Waals surface area contributed by atoms with E-state index in [2.05, 4.69) is 5.32 Å². The molecule has 1 aromatic carbocycles. The number of fused-ring (bicyclic) bond motifs is 1. The van der Waals surface area contributed by atoms with Gasteiger partial charge in [-0.2, -0.15) is 0 Å². The lowest BCUT2D eigenvalue weighted by atomic mass is 10.0. The summed E-state index contributed by atoms with van der Waals surface area (Å²) in [6.45, 7) is 4.18. The molecule has 0 aromatic heterocycles. The average molecular weight is 294 g/mol. The lowest BCUT2D eigenvalue weighted by molar-refractivity contribution is -0.137. The van der Waals surface area contributed by atoms with Gasteiger partial charge in [0.05, 0.1) is 12.1 Å². The van der Waals surface area contributed by atoms with Crippen LogP contribution in [0.5, 0.6) is 0 Å². The second kappa shape index (κ2) is 6.11. The predicted molar refractivity (Wildman–Crippen MR) is 76.9 cm³/mol. The first kappa shape index (κ1) is 15.3. The molecule has 0 spiro atoms. The summed E-state index contributed by atoms with van der Waals surface area (Å²) in [7, 11) is 0. The molecule has 5 nitrogen and oxygen atoms in total. The van der Waals surface area contributed by atoms with Crippen molar-refractivity contribution in [2.24, 2.45) is 5.92 Å². The van der Waals surface area contributed by atoms with Gasteiger partial charge >= 0.3 is 12.0 Å². The first-order valence-corrected chi connectivity index (χ1v) is 6.96. The molecule has 0 bridgehead atoms. The summed E-state index contributed by atoms with van der Waals surface area (Å²) in [5.74, 6) is -1.35. The maximum absolute atomic E-state index is 13.3. The minimum absolute atomic E-state index is 0.000340. The molecule has 1 heterocycles. The Kier molecular flexibility index (Phi) is 4.45. The summed E-state index contributed by atoms with van der Waals surface area (Å²) in [6, 6.07) is 3.56. The number of hydrogen-bond acceptors (Lipinski definition) is 2. The van der Waals surface area contributed by atoms with Crippen LogP contribution in [0.4, 0.5) is 14.9 Å². The molecule has 21 heavy (non-hydrogen) atoms. The number of hydrogen-bond donors (Lipinski definition) is 2. The van der Waals surface area contributed by atoms with Crippen LogP contribution in [0.3, 0.4) is 0 Å². The van der Waals surface area contributed by atoms with E-state index in [4.69, 9.17) is 5.11 Å². The number of rotatable bonds is 4. The molecule has 2 N–H and O–H groups in total. The van der Waals surface area contributed by atoms with Gasteiger partial charge in [-0.15, -0.1) is 0 Å². The van der Waals surface area contributed by atoms with Gasteiger partial charge in [-0.05, 0) is 30.0 Å². The zero-order chi connectivity index (χ0) is 15.6. The molecule has 1 aromatic rings. The molecule has 1 unspecified atom stereocenters. The van der Waals surface area contributed by atoms with Gasteiger partial charge in [0.1, 0.15) is 5.82 Å². The first-order chi connectivity index (χ1) is 9.88. The Labute approximate surface area is 122 Å². The Bertz CT molecular complexity index is 560. The molecule has 1 aliphatic heterocycles. The molecule has 2 amide bonds. The first-order valence-electron chi connectivity index (χ1n) is 6.96. The van der Waals surface area contributed by atoms with E-state index in [0.717, 1.165) is 5.56 Å². The third-order valence-electron chi connectivity index (χ3n) is 3.70. The van der Waals surface area contributed by atoms with E-state index in [1.54, 1.807) is 6.07 Å². The fraction of sp³-hybridized carbons (Fsp3) is 0.467. The van der Waals surface area contributed by atoms with Crippen LogP contribution in [0.2, 0.25) is 0 Å². The molecule has 6 heteroatoms. The predicted octanol–water partition coefficient (Wildman–Crippen LogP) is 2.40. The Balaban J connectivity index is 2.11. The molecule has 0 radical (unpaired) electrons. The molecule has 0 fully saturated rings. The smallest absolute Gasteiger partial charge is 0.322 e. The zero-order valence-corrected chi connectivity index (χ0v) is 12.1. The Hall–Kier alpha value is -2.11. The highest BCUT2D eigenvalue weighted by atomic mass is 19.1. The van der Waals surface area contributed by atoms with Crippen molar-refractivity contribution in [3.05, 3.63) is 29.6 Å². The lowest BCUT2D eigenvalue weighted by Crippen LogP contribution is -2.47. The summed E-state index contributed by atoms with van der Waals surface area (Å²) >= 11 is 0. The van der Waals surface area contributed by atoms with Crippen LogP contribution < -0.4 is 10.2 Å². The Morgan fingerprint density at radius 2 is 2.14 bits per heavy atom. The quantitative estimate of drug-likeness (QED) is 0.896. The third kappa shape index (κ3) is 3.51. The number of carbonyl (C=O) groups excluding carboxylic acids is 1. The van der Waals surface area contributed by atoms with Gasteiger partial charge in [0.15, 0.2) is 0 Å². The maximum atomic E-state index is 13.3. The maximum Gasteiger partial charge on any atom is 0.322 e. The number of nitrogens with one attached hydrogen (secondary N) is 1. The van der Waals surface area contributed by atoms with E-state index >= 15 is 0 Å². The fourth-order valence-corrected chi connectivity index (χ4v) is 2.44. The number of anilines is 1. The Morgan fingerprint density at radius 3 is 2.76 bits per heavy atom. The number of benzene rings is 1. The van der Waals surface area contributed by atoms with Crippen LogP contribution in [-0.2, 0) is 11.2 Å². The van der Waals surface area contributed by atoms with E-state index in [-0.39, 0.29) is 24.2 Å². The van der Waals surface area contributed by atoms with E-state index in [0.29, 0.717) is 18.7 Å². The second-order valence-electron chi connectivity index (χ2n) is 5.57. The average Bonchev–Trinajstić information content (AvgIpc) is 2.80. The second-order valence-corrected chi connectivity index (χ2v) is 5.57. The van der Waals surface area contributed by atoms with Crippen LogP contribution in [-0.4, -0.2) is 29.7 Å². The monoisotopic (exact) mass is 294 g/mol. The van der Waals surface area contributed by atoms with Gasteiger partial charge < -0.3 is 10.4 Å². The minimum atomic E-state index is -0.957. The van der Waals surface area contributed by atoms with Crippen LogP contribution >= 0.6 is 0 Å².